The number of phenolic OH excluding ortho intramolecular Hbond substituents is 1. The summed E-state index contributed by atoms with van der Waals surface area (Å²) in [5.41, 5.74) is 2.19. The number of piperazine rings is 1. The summed E-state index contributed by atoms with van der Waals surface area (Å²) >= 11 is 0. The molecule has 11 nitrogen and oxygen atoms in total. The van der Waals surface area contributed by atoms with Gasteiger partial charge < -0.3 is 34.5 Å². The Kier molecular flexibility index (Phi) is 9.91. The van der Waals surface area contributed by atoms with Crippen LogP contribution in [0.25, 0.3) is 32.9 Å². The number of pyridine rings is 1. The van der Waals surface area contributed by atoms with E-state index in [0.717, 1.165) is 124 Å². The Labute approximate surface area is 341 Å². The molecule has 3 atom stereocenters. The van der Waals surface area contributed by atoms with Crippen LogP contribution in [-0.2, 0) is 6.42 Å². The summed E-state index contributed by atoms with van der Waals surface area (Å²) in [6.07, 6.45) is 8.66. The molecule has 2 N–H and O–H groups in total. The summed E-state index contributed by atoms with van der Waals surface area (Å²) in [5, 5.41) is 21.3. The molecule has 2 bridgehead atoms. The molecule has 5 aliphatic heterocycles. The van der Waals surface area contributed by atoms with E-state index in [2.05, 4.69) is 69.9 Å². The van der Waals surface area contributed by atoms with Crippen molar-refractivity contribution in [2.45, 2.75) is 84.2 Å². The lowest BCUT2D eigenvalue weighted by Crippen LogP contribution is -2.54. The first kappa shape index (κ1) is 37.7. The molecule has 58 heavy (non-hydrogen) atoms. The molecule has 0 saturated carbocycles. The maximum atomic E-state index is 17.1. The topological polar surface area (TPSA) is 110 Å². The van der Waals surface area contributed by atoms with E-state index < -0.39 is 5.82 Å². The van der Waals surface area contributed by atoms with Gasteiger partial charge >= 0.3 is 0 Å². The van der Waals surface area contributed by atoms with Gasteiger partial charge in [-0.2, -0.15) is 4.98 Å². The van der Waals surface area contributed by atoms with Gasteiger partial charge in [0, 0.05) is 87.6 Å². The molecule has 5 aromatic rings. The van der Waals surface area contributed by atoms with Gasteiger partial charge in [-0.05, 0) is 97.8 Å². The van der Waals surface area contributed by atoms with E-state index in [-0.39, 0.29) is 11.4 Å². The van der Waals surface area contributed by atoms with Crippen LogP contribution in [0.5, 0.6) is 5.75 Å². The lowest BCUT2D eigenvalue weighted by Gasteiger charge is -2.45. The highest BCUT2D eigenvalue weighted by Gasteiger charge is 2.37. The van der Waals surface area contributed by atoms with Crippen molar-refractivity contribution in [2.24, 2.45) is 23.7 Å². The van der Waals surface area contributed by atoms with Crippen LogP contribution in [0.3, 0.4) is 0 Å². The molecular formula is C46H58FN9O2. The number of aryl methyl sites for hydroxylation is 1. The summed E-state index contributed by atoms with van der Waals surface area (Å²) in [5.74, 6) is 5.99. The third kappa shape index (κ3) is 7.03. The number of halogens is 1. The van der Waals surface area contributed by atoms with Crippen LogP contribution in [0.4, 0.5) is 22.0 Å². The van der Waals surface area contributed by atoms with Crippen LogP contribution in [0.1, 0.15) is 77.0 Å². The molecule has 0 aliphatic carbocycles. The molecule has 0 spiro atoms. The predicted molar refractivity (Wildman–Crippen MR) is 228 cm³/mol. The molecule has 0 amide bonds. The van der Waals surface area contributed by atoms with E-state index in [1.807, 2.05) is 12.1 Å². The Hall–Kier alpha value is -4.55. The second-order valence-electron chi connectivity index (χ2n) is 18.6. The zero-order chi connectivity index (χ0) is 39.7. The normalized spacial score (nSPS) is 22.7. The van der Waals surface area contributed by atoms with Gasteiger partial charge in [0.05, 0.1) is 5.39 Å². The van der Waals surface area contributed by atoms with Crippen molar-refractivity contribution in [3.05, 3.63) is 59.7 Å². The van der Waals surface area contributed by atoms with Crippen LogP contribution >= 0.6 is 0 Å². The first-order valence-corrected chi connectivity index (χ1v) is 22.0. The molecule has 5 aliphatic rings. The standard InChI is InChI=1S/C46H58FN9O2/c1-5-32-7-6-8-33-16-36(57)17-37(41(32)33)43-42(47)44-38(19-48-43)45(55-25-34-9-10-35(26-55)49-34)51-46(50-44)56-23-31(24-56)20-53-13-11-29(12-14-53)15-30-21-54(22-30)40-18-39(58-52-40)28(4)27(2)3/h6-8,16-19,27-31,34-35,49,57H,5,9-15,20-26H2,1-4H3. The molecule has 5 saturated heterocycles. The Morgan fingerprint density at radius 2 is 1.64 bits per heavy atom. The number of nitrogens with zero attached hydrogens (tertiary/aromatic N) is 8. The summed E-state index contributed by atoms with van der Waals surface area (Å²) in [6.45, 7) is 17.7. The number of fused-ring (bicyclic) bond motifs is 4. The number of aromatic nitrogens is 4. The number of nitrogens with one attached hydrogen (secondary N) is 1. The van der Waals surface area contributed by atoms with Crippen LogP contribution in [0.2, 0.25) is 0 Å². The van der Waals surface area contributed by atoms with Gasteiger partial charge in [0.1, 0.15) is 28.5 Å². The molecule has 3 aromatic heterocycles. The number of likely N-dealkylation sites (tertiary alicyclic amines) is 1. The summed E-state index contributed by atoms with van der Waals surface area (Å²) in [4.78, 5) is 24.5. The Morgan fingerprint density at radius 1 is 0.879 bits per heavy atom. The van der Waals surface area contributed by atoms with Crippen molar-refractivity contribution in [1.82, 2.24) is 30.3 Å². The number of phenols is 1. The lowest BCUT2D eigenvalue weighted by atomic mass is 9.83. The lowest BCUT2D eigenvalue weighted by molar-refractivity contribution is 0.134. The van der Waals surface area contributed by atoms with E-state index >= 15 is 4.39 Å². The van der Waals surface area contributed by atoms with Gasteiger partial charge in [0.2, 0.25) is 5.95 Å². The number of benzene rings is 2. The molecule has 10 rings (SSSR count). The largest absolute Gasteiger partial charge is 0.508 e. The third-order valence-corrected chi connectivity index (χ3v) is 14.2. The summed E-state index contributed by atoms with van der Waals surface area (Å²) in [7, 11) is 0. The smallest absolute Gasteiger partial charge is 0.228 e. The fraction of sp³-hybridized carbons (Fsp3) is 0.565. The third-order valence-electron chi connectivity index (χ3n) is 14.2. The minimum atomic E-state index is -0.462. The van der Waals surface area contributed by atoms with E-state index in [9.17, 15) is 5.11 Å². The van der Waals surface area contributed by atoms with Gasteiger partial charge in [-0.1, -0.05) is 51.1 Å². The van der Waals surface area contributed by atoms with E-state index in [1.165, 1.54) is 19.3 Å². The number of rotatable bonds is 11. The maximum Gasteiger partial charge on any atom is 0.228 e. The second kappa shape index (κ2) is 15.2. The van der Waals surface area contributed by atoms with Crippen molar-refractivity contribution >= 4 is 39.3 Å². The highest BCUT2D eigenvalue weighted by molar-refractivity contribution is 6.01. The summed E-state index contributed by atoms with van der Waals surface area (Å²) in [6, 6.07) is 12.3. The van der Waals surface area contributed by atoms with Crippen molar-refractivity contribution in [1.29, 1.82) is 0 Å². The van der Waals surface area contributed by atoms with Crippen molar-refractivity contribution < 1.29 is 14.0 Å². The van der Waals surface area contributed by atoms with E-state index in [0.29, 0.717) is 52.3 Å². The Balaban J connectivity index is 0.814. The van der Waals surface area contributed by atoms with E-state index in [1.54, 1.807) is 18.3 Å². The molecule has 0 radical (unpaired) electrons. The Bertz CT molecular complexity index is 2280. The minimum Gasteiger partial charge on any atom is -0.508 e. The molecular weight excluding hydrogens is 730 g/mol. The molecule has 2 aromatic carbocycles. The molecule has 12 heteroatoms. The second-order valence-corrected chi connectivity index (χ2v) is 18.6. The zero-order valence-electron chi connectivity index (χ0n) is 34.5. The minimum absolute atomic E-state index is 0.0902. The first-order valence-electron chi connectivity index (χ1n) is 22.0. The van der Waals surface area contributed by atoms with Crippen LogP contribution in [0, 0.1) is 29.5 Å². The fourth-order valence-corrected chi connectivity index (χ4v) is 10.5. The first-order chi connectivity index (χ1) is 28.2. The average Bonchev–Trinajstić information content (AvgIpc) is 3.82. The van der Waals surface area contributed by atoms with Gasteiger partial charge in [-0.25, -0.2) is 9.37 Å². The predicted octanol–water partition coefficient (Wildman–Crippen LogP) is 7.61. The fourth-order valence-electron chi connectivity index (χ4n) is 10.5. The van der Waals surface area contributed by atoms with E-state index in [4.69, 9.17) is 19.5 Å². The Morgan fingerprint density at radius 3 is 2.38 bits per heavy atom. The van der Waals surface area contributed by atoms with Gasteiger partial charge in [0.25, 0.3) is 0 Å². The highest BCUT2D eigenvalue weighted by atomic mass is 19.1. The maximum absolute atomic E-state index is 17.1. The molecule has 306 valence electrons. The zero-order valence-corrected chi connectivity index (χ0v) is 34.5. The number of hydrogen-bond acceptors (Lipinski definition) is 11. The van der Waals surface area contributed by atoms with Crippen LogP contribution in [0.15, 0.2) is 47.1 Å². The highest BCUT2D eigenvalue weighted by Crippen LogP contribution is 2.40. The number of piperidine rings is 1. The summed E-state index contributed by atoms with van der Waals surface area (Å²) < 4.78 is 22.8. The van der Waals surface area contributed by atoms with Crippen molar-refractivity contribution in [3.8, 4) is 17.0 Å². The molecule has 5 fully saturated rings. The van der Waals surface area contributed by atoms with Crippen LogP contribution < -0.4 is 20.0 Å². The quantitative estimate of drug-likeness (QED) is 0.138. The molecule has 8 heterocycles. The monoisotopic (exact) mass is 787 g/mol. The van der Waals surface area contributed by atoms with Gasteiger partial charge in [0.15, 0.2) is 11.6 Å². The van der Waals surface area contributed by atoms with Gasteiger partial charge in [-0.3, -0.25) is 4.98 Å². The SMILES string of the molecule is CCc1cccc2cc(O)cc(-c3ncc4c(N5CC6CCC(C5)N6)nc(N5CC(CN6CCC(CC7CN(c8cc(C(C)C(C)C)on8)C7)CC6)C5)nc4c3F)c12. The van der Waals surface area contributed by atoms with Crippen molar-refractivity contribution in [2.75, 3.05) is 73.6 Å². The number of anilines is 3. The average molecular weight is 788 g/mol. The molecule has 3 unspecified atom stereocenters. The van der Waals surface area contributed by atoms with Crippen molar-refractivity contribution in [3.63, 3.8) is 0 Å². The van der Waals surface area contributed by atoms with Crippen LogP contribution in [-0.4, -0.2) is 101 Å². The van der Waals surface area contributed by atoms with Gasteiger partial charge in [-0.15, -0.1) is 0 Å². The number of hydrogen-bond donors (Lipinski definition) is 2. The number of aromatic hydroxyl groups is 1.